The Hall–Kier alpha value is -3.50. The second kappa shape index (κ2) is 11.3. The van der Waals surface area contributed by atoms with Gasteiger partial charge in [-0.05, 0) is 55.3 Å². The number of ketones is 1. The number of ether oxygens (including phenoxy) is 2. The highest BCUT2D eigenvalue weighted by Gasteiger charge is 2.48. The Labute approximate surface area is 226 Å². The lowest BCUT2D eigenvalue weighted by molar-refractivity contribution is -0.132. The van der Waals surface area contributed by atoms with Gasteiger partial charge in [0.2, 0.25) is 0 Å². The maximum atomic E-state index is 13.3. The van der Waals surface area contributed by atoms with E-state index in [1.54, 1.807) is 49.4 Å². The number of hydrogen-bond donors (Lipinski definition) is 1. The number of unbranched alkanes of at least 4 members (excludes halogenated alkanes) is 1. The molecule has 1 amide bonds. The number of Topliss-reactive ketones (excluding diaryl/α,β-unsaturated/α-hetero) is 1. The van der Waals surface area contributed by atoms with Crippen LogP contribution in [0.3, 0.4) is 0 Å². The zero-order chi connectivity index (χ0) is 26.7. The summed E-state index contributed by atoms with van der Waals surface area (Å²) in [5.74, 6) is -1.96. The van der Waals surface area contributed by atoms with Crippen molar-refractivity contribution in [1.82, 2.24) is 4.98 Å². The fourth-order valence-electron chi connectivity index (χ4n) is 3.99. The van der Waals surface area contributed by atoms with Crippen LogP contribution in [0.25, 0.3) is 5.76 Å². The van der Waals surface area contributed by atoms with E-state index in [-0.39, 0.29) is 21.3 Å². The number of thiazole rings is 1. The second-order valence-electron chi connectivity index (χ2n) is 8.35. The number of amides is 1. The lowest BCUT2D eigenvalue weighted by atomic mass is 9.95. The summed E-state index contributed by atoms with van der Waals surface area (Å²) in [5.41, 5.74) is 1.25. The van der Waals surface area contributed by atoms with E-state index in [0.29, 0.717) is 29.2 Å². The number of rotatable bonds is 8. The maximum absolute atomic E-state index is 13.3. The molecule has 10 heteroatoms. The van der Waals surface area contributed by atoms with Crippen molar-refractivity contribution in [2.24, 2.45) is 0 Å². The van der Waals surface area contributed by atoms with Gasteiger partial charge in [0, 0.05) is 10.0 Å². The largest absolute Gasteiger partial charge is 0.507 e. The summed E-state index contributed by atoms with van der Waals surface area (Å²) in [6, 6.07) is 12.9. The van der Waals surface area contributed by atoms with Gasteiger partial charge in [-0.25, -0.2) is 9.78 Å². The Morgan fingerprint density at radius 2 is 1.92 bits per heavy atom. The molecule has 1 fully saturated rings. The number of methoxy groups -OCH3 is 1. The molecule has 0 spiro atoms. The number of anilines is 1. The molecule has 4 rings (SSSR count). The Morgan fingerprint density at radius 3 is 2.57 bits per heavy atom. The van der Waals surface area contributed by atoms with E-state index in [0.717, 1.165) is 28.7 Å². The fraction of sp³-hybridized carbons (Fsp3) is 0.259. The van der Waals surface area contributed by atoms with Crippen molar-refractivity contribution in [1.29, 1.82) is 0 Å². The number of carbonyl (C=O) groups is 3. The van der Waals surface area contributed by atoms with Crippen molar-refractivity contribution in [3.63, 3.8) is 0 Å². The highest BCUT2D eigenvalue weighted by atomic mass is 79.9. The van der Waals surface area contributed by atoms with Crippen molar-refractivity contribution in [3.05, 3.63) is 80.3 Å². The van der Waals surface area contributed by atoms with Gasteiger partial charge in [0.25, 0.3) is 5.78 Å². The van der Waals surface area contributed by atoms with Crippen LogP contribution in [0.5, 0.6) is 5.75 Å². The Balaban J connectivity index is 1.82. The smallest absolute Gasteiger partial charge is 0.350 e. The van der Waals surface area contributed by atoms with Crippen molar-refractivity contribution in [3.8, 4) is 5.75 Å². The normalized spacial score (nSPS) is 16.8. The molecule has 1 aliphatic rings. The van der Waals surface area contributed by atoms with Gasteiger partial charge < -0.3 is 14.6 Å². The van der Waals surface area contributed by atoms with Gasteiger partial charge in [0.15, 0.2) is 5.13 Å². The molecule has 0 bridgehead atoms. The van der Waals surface area contributed by atoms with Gasteiger partial charge in [-0.3, -0.25) is 14.5 Å². The van der Waals surface area contributed by atoms with Crippen LogP contribution in [-0.2, 0) is 14.3 Å². The number of benzene rings is 2. The number of aryl methyl sites for hydroxylation is 1. The summed E-state index contributed by atoms with van der Waals surface area (Å²) in [4.78, 5) is 44.7. The molecule has 0 aliphatic carbocycles. The summed E-state index contributed by atoms with van der Waals surface area (Å²) in [5, 5.41) is 11.5. The summed E-state index contributed by atoms with van der Waals surface area (Å²) in [7, 11) is 1.26. The average molecular weight is 585 g/mol. The summed E-state index contributed by atoms with van der Waals surface area (Å²) < 4.78 is 11.2. The zero-order valence-electron chi connectivity index (χ0n) is 20.5. The standard InChI is InChI=1S/C27H25BrN2O6S/c1-4-5-13-36-19-11-9-16(10-12-19)22(31)20-21(17-7-6-8-18(28)14-17)30(25(33)23(20)32)27-29-15(2)24(37-27)26(34)35-3/h6-12,14,21,31H,4-5,13H2,1-3H3. The predicted molar refractivity (Wildman–Crippen MR) is 144 cm³/mol. The monoisotopic (exact) mass is 584 g/mol. The predicted octanol–water partition coefficient (Wildman–Crippen LogP) is 5.81. The first-order valence-corrected chi connectivity index (χ1v) is 13.2. The highest BCUT2D eigenvalue weighted by molar-refractivity contribution is 9.10. The number of hydrogen-bond acceptors (Lipinski definition) is 8. The SMILES string of the molecule is CCCCOc1ccc(C(O)=C2C(=O)C(=O)N(c3nc(C)c(C(=O)OC)s3)C2c2cccc(Br)c2)cc1. The van der Waals surface area contributed by atoms with Gasteiger partial charge in [-0.2, -0.15) is 0 Å². The number of esters is 1. The summed E-state index contributed by atoms with van der Waals surface area (Å²) >= 11 is 4.39. The summed E-state index contributed by atoms with van der Waals surface area (Å²) in [6.45, 7) is 4.28. The minimum absolute atomic E-state index is 0.0739. The van der Waals surface area contributed by atoms with Gasteiger partial charge in [0.1, 0.15) is 16.4 Å². The zero-order valence-corrected chi connectivity index (χ0v) is 22.9. The highest BCUT2D eigenvalue weighted by Crippen LogP contribution is 2.44. The van der Waals surface area contributed by atoms with Gasteiger partial charge >= 0.3 is 11.9 Å². The van der Waals surface area contributed by atoms with Crippen LogP contribution in [0.4, 0.5) is 5.13 Å². The number of aromatic nitrogens is 1. The molecule has 1 aliphatic heterocycles. The molecule has 2 aromatic carbocycles. The number of aliphatic hydroxyl groups excluding tert-OH is 1. The van der Waals surface area contributed by atoms with Gasteiger partial charge in [0.05, 0.1) is 31.0 Å². The quantitative estimate of drug-likeness (QED) is 0.117. The van der Waals surface area contributed by atoms with Crippen LogP contribution < -0.4 is 9.64 Å². The van der Waals surface area contributed by atoms with E-state index >= 15 is 0 Å². The van der Waals surface area contributed by atoms with Crippen LogP contribution in [0.1, 0.15) is 52.3 Å². The molecular weight excluding hydrogens is 560 g/mol. The molecule has 37 heavy (non-hydrogen) atoms. The van der Waals surface area contributed by atoms with Crippen LogP contribution >= 0.6 is 27.3 Å². The lowest BCUT2D eigenvalue weighted by Gasteiger charge is -2.23. The van der Waals surface area contributed by atoms with Crippen LogP contribution in [0.2, 0.25) is 0 Å². The molecule has 0 radical (unpaired) electrons. The fourth-order valence-corrected chi connectivity index (χ4v) is 5.42. The third-order valence-corrected chi connectivity index (χ3v) is 7.50. The first-order chi connectivity index (χ1) is 17.8. The molecule has 1 aromatic heterocycles. The molecular formula is C27H25BrN2O6S. The van der Waals surface area contributed by atoms with Crippen molar-refractivity contribution >= 4 is 55.8 Å². The first-order valence-electron chi connectivity index (χ1n) is 11.6. The van der Waals surface area contributed by atoms with E-state index in [1.807, 2.05) is 6.07 Å². The minimum Gasteiger partial charge on any atom is -0.507 e. The molecule has 1 N–H and O–H groups in total. The molecule has 0 saturated carbocycles. The second-order valence-corrected chi connectivity index (χ2v) is 10.2. The third kappa shape index (κ3) is 5.30. The molecule has 1 saturated heterocycles. The minimum atomic E-state index is -0.964. The molecule has 192 valence electrons. The Kier molecular flexibility index (Phi) is 8.09. The number of carbonyl (C=O) groups excluding carboxylic acids is 3. The van der Waals surface area contributed by atoms with Crippen molar-refractivity contribution in [2.45, 2.75) is 32.7 Å². The molecule has 8 nitrogen and oxygen atoms in total. The van der Waals surface area contributed by atoms with Crippen LogP contribution in [-0.4, -0.2) is 41.5 Å². The van der Waals surface area contributed by atoms with E-state index in [1.165, 1.54) is 12.0 Å². The average Bonchev–Trinajstić information content (AvgIpc) is 3.40. The van der Waals surface area contributed by atoms with Crippen LogP contribution in [0.15, 0.2) is 58.6 Å². The third-order valence-electron chi connectivity index (χ3n) is 5.87. The van der Waals surface area contributed by atoms with E-state index in [9.17, 15) is 19.5 Å². The van der Waals surface area contributed by atoms with Crippen LogP contribution in [0, 0.1) is 6.92 Å². The molecule has 1 unspecified atom stereocenters. The molecule has 2 heterocycles. The maximum Gasteiger partial charge on any atom is 0.350 e. The molecule has 3 aromatic rings. The molecule has 1 atom stereocenters. The number of aliphatic hydroxyl groups is 1. The van der Waals surface area contributed by atoms with Crippen molar-refractivity contribution in [2.75, 3.05) is 18.6 Å². The van der Waals surface area contributed by atoms with E-state index in [4.69, 9.17) is 9.47 Å². The Bertz CT molecular complexity index is 1380. The number of nitrogens with zero attached hydrogens (tertiary/aromatic N) is 2. The van der Waals surface area contributed by atoms with Gasteiger partial charge in [-0.15, -0.1) is 0 Å². The topological polar surface area (TPSA) is 106 Å². The lowest BCUT2D eigenvalue weighted by Crippen LogP contribution is -2.29. The first kappa shape index (κ1) is 26.6. The van der Waals surface area contributed by atoms with E-state index in [2.05, 4.69) is 27.8 Å². The Morgan fingerprint density at radius 1 is 1.19 bits per heavy atom. The number of halogens is 1. The summed E-state index contributed by atoms with van der Waals surface area (Å²) in [6.07, 6.45) is 1.93. The van der Waals surface area contributed by atoms with Gasteiger partial charge in [-0.1, -0.05) is 52.7 Å². The van der Waals surface area contributed by atoms with Crippen molar-refractivity contribution < 1.29 is 29.0 Å². The van der Waals surface area contributed by atoms with E-state index < -0.39 is 23.7 Å².